The van der Waals surface area contributed by atoms with Crippen molar-refractivity contribution in [1.82, 2.24) is 0 Å². The summed E-state index contributed by atoms with van der Waals surface area (Å²) < 4.78 is 6.88. The number of benzene rings is 14. The van der Waals surface area contributed by atoms with Crippen LogP contribution in [0.1, 0.15) is 0 Å². The van der Waals surface area contributed by atoms with Crippen molar-refractivity contribution in [2.45, 2.75) is 0 Å². The Morgan fingerprint density at radius 1 is 0.247 bits per heavy atom. The number of anilines is 6. The zero-order valence-corrected chi connectivity index (χ0v) is 42.0. The maximum atomic E-state index is 6.88. The molecule has 0 spiro atoms. The lowest BCUT2D eigenvalue weighted by Crippen LogP contribution is -2.12. The van der Waals surface area contributed by atoms with E-state index in [-0.39, 0.29) is 0 Å². The number of furan rings is 1. The standard InChI is InChI=1S/C74H48N2O/c1-4-20-49(21-5-1)51-36-41-55(42-37-51)75(56-43-38-52(39-44-56)50-22-6-2-7-23-50)74-65-34-18-16-32-62(65)71(63-33-17-19-35-66(63)74)64-45-46-67(59-29-13-12-28-58(59)64)76(54-25-8-3-9-26-54)68-48-70-73(61-31-15-14-30-60(61)68)72-57-27-11-10-24-53(57)40-47-69(72)77-70/h1-48H. The number of rotatable bonds is 9. The molecule has 0 amide bonds. The highest BCUT2D eigenvalue weighted by molar-refractivity contribution is 6.29. The molecule has 0 N–H and O–H groups in total. The van der Waals surface area contributed by atoms with E-state index in [1.54, 1.807) is 0 Å². The van der Waals surface area contributed by atoms with Crippen LogP contribution in [0.5, 0.6) is 0 Å². The summed E-state index contributed by atoms with van der Waals surface area (Å²) in [4.78, 5) is 4.89. The van der Waals surface area contributed by atoms with Gasteiger partial charge in [-0.15, -0.1) is 0 Å². The summed E-state index contributed by atoms with van der Waals surface area (Å²) in [7, 11) is 0. The van der Waals surface area contributed by atoms with E-state index < -0.39 is 0 Å². The van der Waals surface area contributed by atoms with E-state index in [4.69, 9.17) is 4.42 Å². The van der Waals surface area contributed by atoms with E-state index in [1.165, 1.54) is 60.3 Å². The number of nitrogens with zero attached hydrogens (tertiary/aromatic N) is 2. The molecule has 15 rings (SSSR count). The van der Waals surface area contributed by atoms with Crippen molar-refractivity contribution < 1.29 is 4.42 Å². The van der Waals surface area contributed by atoms with Crippen LogP contribution in [0.25, 0.3) is 109 Å². The van der Waals surface area contributed by atoms with Gasteiger partial charge in [0.15, 0.2) is 0 Å². The Balaban J connectivity index is 0.951. The highest BCUT2D eigenvalue weighted by Gasteiger charge is 2.26. The summed E-state index contributed by atoms with van der Waals surface area (Å²) in [5.41, 5.74) is 15.4. The van der Waals surface area contributed by atoms with Gasteiger partial charge in [-0.2, -0.15) is 0 Å². The summed E-state index contributed by atoms with van der Waals surface area (Å²) in [6.07, 6.45) is 0. The highest BCUT2D eigenvalue weighted by atomic mass is 16.3. The summed E-state index contributed by atoms with van der Waals surface area (Å²) in [5, 5.41) is 14.0. The van der Waals surface area contributed by atoms with Crippen molar-refractivity contribution >= 4 is 110 Å². The second-order valence-electron chi connectivity index (χ2n) is 19.9. The quantitative estimate of drug-likeness (QED) is 0.134. The van der Waals surface area contributed by atoms with Gasteiger partial charge >= 0.3 is 0 Å². The first-order valence-corrected chi connectivity index (χ1v) is 26.4. The molecule has 0 unspecified atom stereocenters. The predicted octanol–water partition coefficient (Wildman–Crippen LogP) is 21.3. The first kappa shape index (κ1) is 44.3. The first-order valence-electron chi connectivity index (χ1n) is 26.4. The van der Waals surface area contributed by atoms with Gasteiger partial charge in [-0.1, -0.05) is 237 Å². The van der Waals surface area contributed by atoms with Crippen LogP contribution in [-0.4, -0.2) is 0 Å². The van der Waals surface area contributed by atoms with Crippen molar-refractivity contribution in [3.8, 4) is 33.4 Å². The molecule has 0 bridgehead atoms. The molecule has 0 atom stereocenters. The topological polar surface area (TPSA) is 19.6 Å². The Bertz CT molecular complexity index is 4580. The third kappa shape index (κ3) is 7.35. The molecule has 0 aliphatic carbocycles. The largest absolute Gasteiger partial charge is 0.456 e. The number of hydrogen-bond acceptors (Lipinski definition) is 3. The van der Waals surface area contributed by atoms with E-state index in [1.807, 2.05) is 0 Å². The minimum Gasteiger partial charge on any atom is -0.456 e. The summed E-state index contributed by atoms with van der Waals surface area (Å²) in [6.45, 7) is 0. The van der Waals surface area contributed by atoms with Crippen LogP contribution in [0.3, 0.4) is 0 Å². The van der Waals surface area contributed by atoms with Crippen molar-refractivity contribution in [3.05, 3.63) is 291 Å². The molecule has 1 aromatic heterocycles. The monoisotopic (exact) mass is 980 g/mol. The Morgan fingerprint density at radius 2 is 0.675 bits per heavy atom. The lowest BCUT2D eigenvalue weighted by Gasteiger charge is -2.30. The van der Waals surface area contributed by atoms with E-state index in [2.05, 4.69) is 301 Å². The van der Waals surface area contributed by atoms with Crippen LogP contribution in [0.4, 0.5) is 34.1 Å². The Morgan fingerprint density at radius 3 is 1.26 bits per heavy atom. The first-order chi connectivity index (χ1) is 38.2. The van der Waals surface area contributed by atoms with Crippen molar-refractivity contribution in [3.63, 3.8) is 0 Å². The van der Waals surface area contributed by atoms with Gasteiger partial charge in [0, 0.05) is 55.4 Å². The van der Waals surface area contributed by atoms with Crippen LogP contribution in [-0.2, 0) is 0 Å². The van der Waals surface area contributed by atoms with Gasteiger partial charge in [-0.3, -0.25) is 0 Å². The zero-order valence-electron chi connectivity index (χ0n) is 42.0. The highest BCUT2D eigenvalue weighted by Crippen LogP contribution is 2.52. The molecule has 14 aromatic carbocycles. The van der Waals surface area contributed by atoms with Crippen molar-refractivity contribution in [2.24, 2.45) is 0 Å². The fraction of sp³-hybridized carbons (Fsp3) is 0. The Kier molecular flexibility index (Phi) is 10.5. The minimum absolute atomic E-state index is 0.859. The minimum atomic E-state index is 0.859. The fourth-order valence-electron chi connectivity index (χ4n) is 12.2. The zero-order chi connectivity index (χ0) is 50.8. The van der Waals surface area contributed by atoms with E-state index >= 15 is 0 Å². The fourth-order valence-corrected chi connectivity index (χ4v) is 12.2. The van der Waals surface area contributed by atoms with E-state index in [9.17, 15) is 0 Å². The molecule has 3 nitrogen and oxygen atoms in total. The molecule has 0 saturated heterocycles. The summed E-state index contributed by atoms with van der Waals surface area (Å²) in [6, 6.07) is 106. The van der Waals surface area contributed by atoms with Crippen LogP contribution in [0, 0.1) is 0 Å². The van der Waals surface area contributed by atoms with E-state index in [0.29, 0.717) is 0 Å². The molecular formula is C74H48N2O. The van der Waals surface area contributed by atoms with Gasteiger partial charge < -0.3 is 14.2 Å². The van der Waals surface area contributed by atoms with Crippen LogP contribution >= 0.6 is 0 Å². The van der Waals surface area contributed by atoms with Gasteiger partial charge in [0.25, 0.3) is 0 Å². The van der Waals surface area contributed by atoms with Gasteiger partial charge in [0.1, 0.15) is 11.2 Å². The predicted molar refractivity (Wildman–Crippen MR) is 327 cm³/mol. The maximum absolute atomic E-state index is 6.88. The van der Waals surface area contributed by atoms with E-state index in [0.717, 1.165) is 83.0 Å². The summed E-state index contributed by atoms with van der Waals surface area (Å²) in [5.74, 6) is 0. The van der Waals surface area contributed by atoms with Gasteiger partial charge in [-0.25, -0.2) is 0 Å². The smallest absolute Gasteiger partial charge is 0.138 e. The SMILES string of the molecule is c1ccc(-c2ccc(N(c3ccc(-c4ccccc4)cc3)c3c4ccccc4c(-c4ccc(N(c5ccccc5)c5cc6oc7ccc8ccccc8c7c6c6ccccc56)c5ccccc45)c4ccccc34)cc2)cc1. The second kappa shape index (κ2) is 18.3. The molecule has 1 heterocycles. The average molecular weight is 981 g/mol. The van der Waals surface area contributed by atoms with Crippen LogP contribution < -0.4 is 9.80 Å². The molecule has 0 aliphatic heterocycles. The maximum Gasteiger partial charge on any atom is 0.138 e. The third-order valence-corrected chi connectivity index (χ3v) is 15.6. The number of para-hydroxylation sites is 1. The van der Waals surface area contributed by atoms with Crippen molar-refractivity contribution in [1.29, 1.82) is 0 Å². The molecule has 0 saturated carbocycles. The average Bonchev–Trinajstić information content (AvgIpc) is 3.98. The molecule has 15 aromatic rings. The molecule has 77 heavy (non-hydrogen) atoms. The normalized spacial score (nSPS) is 11.6. The van der Waals surface area contributed by atoms with Crippen molar-refractivity contribution in [2.75, 3.05) is 9.80 Å². The van der Waals surface area contributed by atoms with Gasteiger partial charge in [-0.05, 0) is 114 Å². The van der Waals surface area contributed by atoms with Crippen LogP contribution in [0.2, 0.25) is 0 Å². The molecular weight excluding hydrogens is 933 g/mol. The molecule has 0 radical (unpaired) electrons. The molecule has 0 fully saturated rings. The lowest BCUT2D eigenvalue weighted by molar-refractivity contribution is 0.669. The second-order valence-corrected chi connectivity index (χ2v) is 19.9. The molecule has 360 valence electrons. The number of fused-ring (bicyclic) bond motifs is 10. The van der Waals surface area contributed by atoms with Gasteiger partial charge in [0.2, 0.25) is 0 Å². The van der Waals surface area contributed by atoms with Crippen LogP contribution in [0.15, 0.2) is 296 Å². The Labute approximate surface area is 446 Å². The molecule has 3 heteroatoms. The third-order valence-electron chi connectivity index (χ3n) is 15.6. The lowest BCUT2D eigenvalue weighted by atomic mass is 9.87. The molecule has 0 aliphatic rings. The number of hydrogen-bond donors (Lipinski definition) is 0. The van der Waals surface area contributed by atoms with Gasteiger partial charge in [0.05, 0.1) is 17.1 Å². The Hall–Kier alpha value is -10.2. The summed E-state index contributed by atoms with van der Waals surface area (Å²) >= 11 is 0.